The summed E-state index contributed by atoms with van der Waals surface area (Å²) in [5.74, 6) is 1.66. The maximum absolute atomic E-state index is 5.78. The normalized spacial score (nSPS) is 21.4. The van der Waals surface area contributed by atoms with Crippen molar-refractivity contribution in [2.45, 2.75) is 19.3 Å². The van der Waals surface area contributed by atoms with Gasteiger partial charge in [-0.2, -0.15) is 0 Å². The molecule has 16 heavy (non-hydrogen) atoms. The molecule has 0 saturated carbocycles. The summed E-state index contributed by atoms with van der Waals surface area (Å²) in [7, 11) is 0. The molecule has 0 aliphatic carbocycles. The maximum Gasteiger partial charge on any atom is 0.0226 e. The standard InChI is InChI=1S/C14H20ClN/c15-9-6-14-8-11-16(12-14)10-7-13-4-2-1-3-5-13/h1-5,14H,6-12H2. The summed E-state index contributed by atoms with van der Waals surface area (Å²) in [5.41, 5.74) is 1.45. The van der Waals surface area contributed by atoms with Crippen LogP contribution in [0.2, 0.25) is 0 Å². The monoisotopic (exact) mass is 237 g/mol. The van der Waals surface area contributed by atoms with Gasteiger partial charge in [-0.25, -0.2) is 0 Å². The van der Waals surface area contributed by atoms with Gasteiger partial charge in [0.25, 0.3) is 0 Å². The van der Waals surface area contributed by atoms with Gasteiger partial charge >= 0.3 is 0 Å². The van der Waals surface area contributed by atoms with Crippen molar-refractivity contribution in [2.75, 3.05) is 25.5 Å². The van der Waals surface area contributed by atoms with Crippen molar-refractivity contribution in [3.05, 3.63) is 35.9 Å². The lowest BCUT2D eigenvalue weighted by molar-refractivity contribution is 0.327. The quantitative estimate of drug-likeness (QED) is 0.711. The second kappa shape index (κ2) is 6.27. The van der Waals surface area contributed by atoms with Crippen LogP contribution in [0.3, 0.4) is 0 Å². The molecule has 0 N–H and O–H groups in total. The van der Waals surface area contributed by atoms with Crippen LogP contribution in [0.4, 0.5) is 0 Å². The van der Waals surface area contributed by atoms with Gasteiger partial charge in [0.05, 0.1) is 0 Å². The number of rotatable bonds is 5. The number of nitrogens with zero attached hydrogens (tertiary/aromatic N) is 1. The molecule has 0 bridgehead atoms. The minimum absolute atomic E-state index is 0.817. The molecule has 1 heterocycles. The summed E-state index contributed by atoms with van der Waals surface area (Å²) in [6, 6.07) is 10.7. The lowest BCUT2D eigenvalue weighted by atomic mass is 10.1. The highest BCUT2D eigenvalue weighted by Gasteiger charge is 2.21. The van der Waals surface area contributed by atoms with Gasteiger partial charge < -0.3 is 4.90 Å². The van der Waals surface area contributed by atoms with Gasteiger partial charge in [-0.15, -0.1) is 11.6 Å². The van der Waals surface area contributed by atoms with Gasteiger partial charge in [0.15, 0.2) is 0 Å². The van der Waals surface area contributed by atoms with Gasteiger partial charge in [0.2, 0.25) is 0 Å². The lowest BCUT2D eigenvalue weighted by Gasteiger charge is -2.15. The van der Waals surface area contributed by atoms with E-state index in [1.165, 1.54) is 44.5 Å². The first-order valence-corrected chi connectivity index (χ1v) is 6.74. The first-order valence-electron chi connectivity index (χ1n) is 6.20. The highest BCUT2D eigenvalue weighted by molar-refractivity contribution is 6.17. The van der Waals surface area contributed by atoms with Crippen molar-refractivity contribution < 1.29 is 0 Å². The first-order chi connectivity index (χ1) is 7.88. The molecule has 1 atom stereocenters. The highest BCUT2D eigenvalue weighted by Crippen LogP contribution is 2.20. The third kappa shape index (κ3) is 3.50. The average Bonchev–Trinajstić information content (AvgIpc) is 2.76. The molecule has 1 aromatic rings. The van der Waals surface area contributed by atoms with Crippen molar-refractivity contribution in [2.24, 2.45) is 5.92 Å². The zero-order valence-corrected chi connectivity index (χ0v) is 10.5. The Balaban J connectivity index is 1.72. The molecule has 0 amide bonds. The third-order valence-electron chi connectivity index (χ3n) is 3.45. The van der Waals surface area contributed by atoms with E-state index in [0.29, 0.717) is 0 Å². The number of halogens is 1. The molecule has 1 unspecified atom stereocenters. The van der Waals surface area contributed by atoms with Crippen LogP contribution in [0.5, 0.6) is 0 Å². The Bertz CT molecular complexity index is 299. The molecular formula is C14H20ClN. The number of alkyl halides is 1. The highest BCUT2D eigenvalue weighted by atomic mass is 35.5. The summed E-state index contributed by atoms with van der Waals surface area (Å²) in [6.07, 6.45) is 3.69. The molecule has 1 saturated heterocycles. The van der Waals surface area contributed by atoms with Crippen LogP contribution >= 0.6 is 11.6 Å². The second-order valence-electron chi connectivity index (χ2n) is 4.67. The average molecular weight is 238 g/mol. The Hall–Kier alpha value is -0.530. The van der Waals surface area contributed by atoms with E-state index < -0.39 is 0 Å². The zero-order chi connectivity index (χ0) is 11.2. The van der Waals surface area contributed by atoms with Crippen molar-refractivity contribution in [1.29, 1.82) is 0 Å². The SMILES string of the molecule is ClCCC1CCN(CCc2ccccc2)C1. The number of hydrogen-bond acceptors (Lipinski definition) is 1. The Morgan fingerprint density at radius 3 is 2.81 bits per heavy atom. The summed E-state index contributed by atoms with van der Waals surface area (Å²) >= 11 is 5.78. The molecule has 1 fully saturated rings. The fraction of sp³-hybridized carbons (Fsp3) is 0.571. The number of likely N-dealkylation sites (tertiary alicyclic amines) is 1. The zero-order valence-electron chi connectivity index (χ0n) is 9.74. The van der Waals surface area contributed by atoms with E-state index in [0.717, 1.165) is 11.8 Å². The van der Waals surface area contributed by atoms with Crippen molar-refractivity contribution >= 4 is 11.6 Å². The molecule has 1 nitrogen and oxygen atoms in total. The molecule has 0 aromatic heterocycles. The van der Waals surface area contributed by atoms with Crippen LogP contribution in [0.15, 0.2) is 30.3 Å². The van der Waals surface area contributed by atoms with E-state index in [2.05, 4.69) is 35.2 Å². The van der Waals surface area contributed by atoms with Crippen LogP contribution in [0, 0.1) is 5.92 Å². The Morgan fingerprint density at radius 1 is 1.25 bits per heavy atom. The van der Waals surface area contributed by atoms with Gasteiger partial charge in [-0.3, -0.25) is 0 Å². The largest absolute Gasteiger partial charge is 0.303 e. The Morgan fingerprint density at radius 2 is 2.06 bits per heavy atom. The smallest absolute Gasteiger partial charge is 0.0226 e. The fourth-order valence-electron chi connectivity index (χ4n) is 2.44. The first kappa shape index (κ1) is 11.9. The van der Waals surface area contributed by atoms with E-state index in [-0.39, 0.29) is 0 Å². The second-order valence-corrected chi connectivity index (χ2v) is 5.05. The summed E-state index contributed by atoms with van der Waals surface area (Å²) in [6.45, 7) is 3.71. The van der Waals surface area contributed by atoms with E-state index in [4.69, 9.17) is 11.6 Å². The van der Waals surface area contributed by atoms with Crippen LogP contribution in [-0.4, -0.2) is 30.4 Å². The Labute approximate surface area is 103 Å². The van der Waals surface area contributed by atoms with E-state index in [1.54, 1.807) is 0 Å². The van der Waals surface area contributed by atoms with Crippen LogP contribution in [-0.2, 0) is 6.42 Å². The summed E-state index contributed by atoms with van der Waals surface area (Å²) < 4.78 is 0. The number of benzene rings is 1. The molecule has 1 aliphatic heterocycles. The van der Waals surface area contributed by atoms with E-state index in [1.807, 2.05) is 0 Å². The third-order valence-corrected chi connectivity index (χ3v) is 3.67. The molecular weight excluding hydrogens is 218 g/mol. The van der Waals surface area contributed by atoms with E-state index in [9.17, 15) is 0 Å². The van der Waals surface area contributed by atoms with Crippen molar-refractivity contribution in [3.8, 4) is 0 Å². The summed E-state index contributed by atoms with van der Waals surface area (Å²) in [4.78, 5) is 2.57. The Kier molecular flexibility index (Phi) is 4.68. The fourth-order valence-corrected chi connectivity index (χ4v) is 2.75. The van der Waals surface area contributed by atoms with Crippen LogP contribution < -0.4 is 0 Å². The predicted molar refractivity (Wildman–Crippen MR) is 70.0 cm³/mol. The molecule has 1 aliphatic rings. The molecule has 88 valence electrons. The van der Waals surface area contributed by atoms with Gasteiger partial charge in [-0.1, -0.05) is 30.3 Å². The number of hydrogen-bond donors (Lipinski definition) is 0. The minimum atomic E-state index is 0.817. The van der Waals surface area contributed by atoms with Crippen molar-refractivity contribution in [1.82, 2.24) is 4.90 Å². The topological polar surface area (TPSA) is 3.24 Å². The molecule has 1 aromatic carbocycles. The van der Waals surface area contributed by atoms with E-state index >= 15 is 0 Å². The van der Waals surface area contributed by atoms with Gasteiger partial charge in [0.1, 0.15) is 0 Å². The summed E-state index contributed by atoms with van der Waals surface area (Å²) in [5, 5.41) is 0. The van der Waals surface area contributed by atoms with Gasteiger partial charge in [-0.05, 0) is 37.3 Å². The van der Waals surface area contributed by atoms with Gasteiger partial charge in [0, 0.05) is 19.0 Å². The molecule has 0 spiro atoms. The lowest BCUT2D eigenvalue weighted by Crippen LogP contribution is -2.23. The maximum atomic E-state index is 5.78. The molecule has 2 rings (SSSR count). The minimum Gasteiger partial charge on any atom is -0.303 e. The van der Waals surface area contributed by atoms with Crippen molar-refractivity contribution in [3.63, 3.8) is 0 Å². The van der Waals surface area contributed by atoms with Crippen LogP contribution in [0.25, 0.3) is 0 Å². The van der Waals surface area contributed by atoms with Crippen LogP contribution in [0.1, 0.15) is 18.4 Å². The molecule has 0 radical (unpaired) electrons. The predicted octanol–water partition coefficient (Wildman–Crippen LogP) is 3.18. The molecule has 2 heteroatoms.